The summed E-state index contributed by atoms with van der Waals surface area (Å²) >= 11 is 1.46. The first kappa shape index (κ1) is 18.9. The fourth-order valence-corrected chi connectivity index (χ4v) is 1.33. The highest BCUT2D eigenvalue weighted by molar-refractivity contribution is 7.98. The molecule has 0 saturated carbocycles. The van der Waals surface area contributed by atoms with Gasteiger partial charge < -0.3 is 5.73 Å². The summed E-state index contributed by atoms with van der Waals surface area (Å²) < 4.78 is 2.71. The maximum atomic E-state index is 6.93. The highest BCUT2D eigenvalue weighted by Gasteiger charge is 2.08. The summed E-state index contributed by atoms with van der Waals surface area (Å²) in [5, 5.41) is 7.31. The number of nitrogens with zero attached hydrogens (tertiary/aromatic N) is 1. The molecule has 7 heteroatoms. The van der Waals surface area contributed by atoms with Crippen molar-refractivity contribution < 1.29 is 0 Å². The fraction of sp³-hybridized carbons (Fsp3) is 0.833. The van der Waals surface area contributed by atoms with Gasteiger partial charge >= 0.3 is 0 Å². The first-order valence-electron chi connectivity index (χ1n) is 3.50. The van der Waals surface area contributed by atoms with Crippen molar-refractivity contribution in [2.75, 3.05) is 14.1 Å². The summed E-state index contributed by atoms with van der Waals surface area (Å²) in [4.78, 5) is 2.08. The van der Waals surface area contributed by atoms with E-state index in [0.717, 1.165) is 6.42 Å². The van der Waals surface area contributed by atoms with E-state index in [9.17, 15) is 0 Å². The molecule has 0 aromatic heterocycles. The van der Waals surface area contributed by atoms with Gasteiger partial charge in [0.15, 0.2) is 5.96 Å². The molecule has 13 heavy (non-hydrogen) atoms. The topological polar surface area (TPSA) is 65.1 Å². The quantitative estimate of drug-likeness (QED) is 0.304. The van der Waals surface area contributed by atoms with Gasteiger partial charge in [-0.15, -0.1) is 24.8 Å². The van der Waals surface area contributed by atoms with Crippen LogP contribution in [0.4, 0.5) is 0 Å². The van der Waals surface area contributed by atoms with Crippen molar-refractivity contribution in [3.05, 3.63) is 0 Å². The molecule has 82 valence electrons. The van der Waals surface area contributed by atoms with Gasteiger partial charge in [0.25, 0.3) is 0 Å². The Morgan fingerprint density at radius 3 is 2.23 bits per heavy atom. The van der Waals surface area contributed by atoms with E-state index in [1.54, 1.807) is 0 Å². The molecule has 0 heterocycles. The maximum absolute atomic E-state index is 6.93. The Balaban J connectivity index is -0.000000500. The van der Waals surface area contributed by atoms with Crippen LogP contribution in [0.2, 0.25) is 0 Å². The van der Waals surface area contributed by atoms with Crippen LogP contribution in [0.3, 0.4) is 0 Å². The zero-order chi connectivity index (χ0) is 8.85. The first-order chi connectivity index (χ1) is 5.07. The minimum absolute atomic E-state index is 0. The van der Waals surface area contributed by atoms with E-state index in [1.165, 1.54) is 11.9 Å². The van der Waals surface area contributed by atoms with E-state index < -0.39 is 0 Å². The van der Waals surface area contributed by atoms with Crippen LogP contribution in [0.1, 0.15) is 13.3 Å². The minimum atomic E-state index is 0. The lowest BCUT2D eigenvalue weighted by atomic mass is 10.4. The van der Waals surface area contributed by atoms with Crippen molar-refractivity contribution in [1.82, 2.24) is 9.62 Å². The van der Waals surface area contributed by atoms with Crippen molar-refractivity contribution in [3.63, 3.8) is 0 Å². The Bertz CT molecular complexity index is 134. The lowest BCUT2D eigenvalue weighted by molar-refractivity contribution is 0.375. The third-order valence-corrected chi connectivity index (χ3v) is 2.59. The molecular weight excluding hydrogens is 231 g/mol. The van der Waals surface area contributed by atoms with Crippen LogP contribution in [0.25, 0.3) is 0 Å². The number of hydrogen-bond donors (Lipinski definition) is 3. The number of guanidine groups is 1. The molecule has 1 atom stereocenters. The molecule has 0 saturated heterocycles. The Kier molecular flexibility index (Phi) is 14.9. The average Bonchev–Trinajstić information content (AvgIpc) is 1.87. The van der Waals surface area contributed by atoms with E-state index >= 15 is 0 Å². The summed E-state index contributed by atoms with van der Waals surface area (Å²) in [5.74, 6) is 0.00954. The Labute approximate surface area is 96.5 Å². The average molecular weight is 249 g/mol. The standard InChI is InChI=1S/C6H16N4S.2ClH/c1-4-5(10(2)3)11-9-6(7)8;;/h5H,4H2,1-3H3,(H4,7,8,9);2*1H. The number of nitrogens with two attached hydrogens (primary N) is 1. The largest absolute Gasteiger partial charge is 0.369 e. The Morgan fingerprint density at radius 2 is 2.00 bits per heavy atom. The molecule has 0 aromatic rings. The van der Waals surface area contributed by atoms with Gasteiger partial charge in [-0.05, 0) is 32.5 Å². The molecule has 0 aliphatic heterocycles. The highest BCUT2D eigenvalue weighted by Crippen LogP contribution is 2.11. The monoisotopic (exact) mass is 248 g/mol. The number of nitrogens with one attached hydrogen (secondary N) is 2. The van der Waals surface area contributed by atoms with E-state index in [4.69, 9.17) is 11.1 Å². The van der Waals surface area contributed by atoms with Gasteiger partial charge in [0.2, 0.25) is 0 Å². The van der Waals surface area contributed by atoms with Gasteiger partial charge in [-0.1, -0.05) is 6.92 Å². The number of halogens is 2. The molecular formula is C6H18Cl2N4S. The summed E-state index contributed by atoms with van der Waals surface area (Å²) in [7, 11) is 4.01. The number of hydrogen-bond acceptors (Lipinski definition) is 3. The third-order valence-electron chi connectivity index (χ3n) is 1.23. The summed E-state index contributed by atoms with van der Waals surface area (Å²) in [6.07, 6.45) is 1.03. The van der Waals surface area contributed by atoms with Gasteiger partial charge in [-0.3, -0.25) is 15.0 Å². The molecule has 0 amide bonds. The van der Waals surface area contributed by atoms with Gasteiger partial charge in [0.1, 0.15) is 0 Å². The molecule has 0 rings (SSSR count). The van der Waals surface area contributed by atoms with Gasteiger partial charge in [-0.2, -0.15) is 0 Å². The second kappa shape index (κ2) is 10.2. The first-order valence-corrected chi connectivity index (χ1v) is 4.38. The third kappa shape index (κ3) is 10.1. The number of rotatable bonds is 4. The van der Waals surface area contributed by atoms with E-state index in [2.05, 4.69) is 16.5 Å². The van der Waals surface area contributed by atoms with E-state index in [1.807, 2.05) is 14.1 Å². The van der Waals surface area contributed by atoms with Crippen LogP contribution >= 0.6 is 36.8 Å². The minimum Gasteiger partial charge on any atom is -0.369 e. The molecule has 0 aliphatic rings. The van der Waals surface area contributed by atoms with Crippen LogP contribution in [0, 0.1) is 5.41 Å². The zero-order valence-corrected chi connectivity index (χ0v) is 10.5. The second-order valence-electron chi connectivity index (χ2n) is 2.46. The predicted octanol–water partition coefficient (Wildman–Crippen LogP) is 1.26. The van der Waals surface area contributed by atoms with Gasteiger partial charge in [0, 0.05) is 0 Å². The summed E-state index contributed by atoms with van der Waals surface area (Å²) in [6.45, 7) is 2.10. The van der Waals surface area contributed by atoms with Crippen molar-refractivity contribution in [2.24, 2.45) is 5.73 Å². The van der Waals surface area contributed by atoms with Crippen LogP contribution in [0.15, 0.2) is 0 Å². The highest BCUT2D eigenvalue weighted by atomic mass is 35.5. The maximum Gasteiger partial charge on any atom is 0.195 e. The fourth-order valence-electron chi connectivity index (χ4n) is 0.685. The Morgan fingerprint density at radius 1 is 1.54 bits per heavy atom. The lowest BCUT2D eigenvalue weighted by Crippen LogP contribution is -2.32. The van der Waals surface area contributed by atoms with Crippen LogP contribution in [0.5, 0.6) is 0 Å². The molecule has 0 aromatic carbocycles. The molecule has 0 spiro atoms. The predicted molar refractivity (Wildman–Crippen MR) is 64.9 cm³/mol. The van der Waals surface area contributed by atoms with Crippen LogP contribution < -0.4 is 10.5 Å². The molecule has 1 unspecified atom stereocenters. The van der Waals surface area contributed by atoms with Crippen molar-refractivity contribution in [2.45, 2.75) is 18.7 Å². The van der Waals surface area contributed by atoms with Crippen molar-refractivity contribution >= 4 is 42.7 Å². The van der Waals surface area contributed by atoms with E-state index in [-0.39, 0.29) is 30.8 Å². The molecule has 0 radical (unpaired) electrons. The second-order valence-corrected chi connectivity index (χ2v) is 3.44. The lowest BCUT2D eigenvalue weighted by Gasteiger charge is -2.21. The molecule has 0 fully saturated rings. The van der Waals surface area contributed by atoms with Gasteiger partial charge in [0.05, 0.1) is 5.37 Å². The molecule has 4 nitrogen and oxygen atoms in total. The summed E-state index contributed by atoms with van der Waals surface area (Å²) in [6, 6.07) is 0. The smallest absolute Gasteiger partial charge is 0.195 e. The zero-order valence-electron chi connectivity index (χ0n) is 8.03. The van der Waals surface area contributed by atoms with Gasteiger partial charge in [-0.25, -0.2) is 0 Å². The van der Waals surface area contributed by atoms with Crippen molar-refractivity contribution in [1.29, 1.82) is 5.41 Å². The van der Waals surface area contributed by atoms with Crippen molar-refractivity contribution in [3.8, 4) is 0 Å². The van der Waals surface area contributed by atoms with E-state index in [0.29, 0.717) is 5.37 Å². The molecule has 0 bridgehead atoms. The molecule has 0 aliphatic carbocycles. The normalized spacial score (nSPS) is 11.1. The summed E-state index contributed by atoms with van der Waals surface area (Å²) in [5.41, 5.74) is 5.13. The Hall–Kier alpha value is 0.160. The SMILES string of the molecule is CCC(SNC(=N)N)N(C)C.Cl.Cl. The molecule has 4 N–H and O–H groups in total. The van der Waals surface area contributed by atoms with Crippen LogP contribution in [-0.2, 0) is 0 Å². The van der Waals surface area contributed by atoms with Crippen LogP contribution in [-0.4, -0.2) is 30.3 Å².